The second-order valence-corrected chi connectivity index (χ2v) is 5.93. The summed E-state index contributed by atoms with van der Waals surface area (Å²) >= 11 is 0. The lowest BCUT2D eigenvalue weighted by atomic mass is 10.1. The first kappa shape index (κ1) is 16.5. The molecule has 2 N–H and O–H groups in total. The van der Waals surface area contributed by atoms with Crippen LogP contribution in [0.4, 0.5) is 0 Å². The molecule has 0 spiro atoms. The van der Waals surface area contributed by atoms with Crippen LogP contribution in [-0.2, 0) is 16.0 Å². The highest BCUT2D eigenvalue weighted by Gasteiger charge is 2.26. The Labute approximate surface area is 132 Å². The number of carbonyl (C=O) groups is 2. The molecule has 0 bridgehead atoms. The topological polar surface area (TPSA) is 61.4 Å². The molecule has 1 aliphatic rings. The van der Waals surface area contributed by atoms with E-state index in [2.05, 4.69) is 22.8 Å². The van der Waals surface area contributed by atoms with Crippen molar-refractivity contribution in [1.82, 2.24) is 15.5 Å². The zero-order valence-electron chi connectivity index (χ0n) is 13.3. The summed E-state index contributed by atoms with van der Waals surface area (Å²) in [5.74, 6) is -0.0155. The van der Waals surface area contributed by atoms with Gasteiger partial charge in [-0.15, -0.1) is 0 Å². The minimum absolute atomic E-state index is 0.00439. The number of hydrogen-bond donors (Lipinski definition) is 2. The number of aryl methyl sites for hydroxylation is 1. The molecular weight excluding hydrogens is 278 g/mol. The molecule has 0 unspecified atom stereocenters. The minimum atomic E-state index is -0.273. The van der Waals surface area contributed by atoms with E-state index in [-0.39, 0.29) is 23.9 Å². The summed E-state index contributed by atoms with van der Waals surface area (Å²) in [5, 5.41) is 5.82. The summed E-state index contributed by atoms with van der Waals surface area (Å²) in [6.07, 6.45) is 1.85. The maximum absolute atomic E-state index is 12.3. The second kappa shape index (κ2) is 7.94. The van der Waals surface area contributed by atoms with E-state index < -0.39 is 0 Å². The van der Waals surface area contributed by atoms with Gasteiger partial charge in [-0.25, -0.2) is 0 Å². The van der Waals surface area contributed by atoms with E-state index in [1.54, 1.807) is 0 Å². The van der Waals surface area contributed by atoms with Crippen LogP contribution >= 0.6 is 0 Å². The number of rotatable bonds is 6. The molecule has 1 saturated heterocycles. The van der Waals surface area contributed by atoms with Crippen molar-refractivity contribution in [1.29, 1.82) is 0 Å². The summed E-state index contributed by atoms with van der Waals surface area (Å²) in [7, 11) is 0. The average molecular weight is 303 g/mol. The van der Waals surface area contributed by atoms with Crippen LogP contribution in [0.15, 0.2) is 30.3 Å². The van der Waals surface area contributed by atoms with Crippen LogP contribution in [0.3, 0.4) is 0 Å². The normalized spacial score (nSPS) is 18.4. The summed E-state index contributed by atoms with van der Waals surface area (Å²) in [4.78, 5) is 25.6. The Balaban J connectivity index is 1.76. The summed E-state index contributed by atoms with van der Waals surface area (Å²) in [5.41, 5.74) is 1.28. The zero-order chi connectivity index (χ0) is 15.9. The first-order valence-corrected chi connectivity index (χ1v) is 7.91. The van der Waals surface area contributed by atoms with Crippen LogP contribution in [0, 0.1) is 0 Å². The summed E-state index contributed by atoms with van der Waals surface area (Å²) < 4.78 is 0. The highest BCUT2D eigenvalue weighted by atomic mass is 16.2. The second-order valence-electron chi connectivity index (χ2n) is 5.93. The number of amides is 2. The molecule has 0 saturated carbocycles. The number of hydrogen-bond acceptors (Lipinski definition) is 3. The van der Waals surface area contributed by atoms with Crippen molar-refractivity contribution in [2.45, 2.75) is 38.8 Å². The van der Waals surface area contributed by atoms with Crippen LogP contribution in [-0.4, -0.2) is 48.4 Å². The van der Waals surface area contributed by atoms with Crippen LogP contribution in [0.5, 0.6) is 0 Å². The molecule has 1 aromatic carbocycles. The van der Waals surface area contributed by atoms with Gasteiger partial charge in [0.1, 0.15) is 0 Å². The zero-order valence-corrected chi connectivity index (χ0v) is 13.3. The van der Waals surface area contributed by atoms with Crippen LogP contribution < -0.4 is 10.6 Å². The Morgan fingerprint density at radius 3 is 2.73 bits per heavy atom. The van der Waals surface area contributed by atoms with Crippen molar-refractivity contribution in [2.75, 3.05) is 19.6 Å². The fourth-order valence-electron chi connectivity index (χ4n) is 2.62. The van der Waals surface area contributed by atoms with Crippen LogP contribution in [0.1, 0.15) is 25.8 Å². The molecule has 2 atom stereocenters. The quantitative estimate of drug-likeness (QED) is 0.822. The average Bonchev–Trinajstić information content (AvgIpc) is 2.53. The van der Waals surface area contributed by atoms with Crippen molar-refractivity contribution >= 4 is 11.8 Å². The lowest BCUT2D eigenvalue weighted by Crippen LogP contribution is -2.55. The molecule has 1 aliphatic heterocycles. The molecule has 120 valence electrons. The number of nitrogens with zero attached hydrogens (tertiary/aromatic N) is 1. The van der Waals surface area contributed by atoms with Gasteiger partial charge in [-0.1, -0.05) is 30.3 Å². The monoisotopic (exact) mass is 303 g/mol. The minimum Gasteiger partial charge on any atom is -0.354 e. The molecule has 2 rings (SSSR count). The van der Waals surface area contributed by atoms with Crippen molar-refractivity contribution < 1.29 is 9.59 Å². The van der Waals surface area contributed by atoms with E-state index in [4.69, 9.17) is 0 Å². The van der Waals surface area contributed by atoms with Gasteiger partial charge in [-0.05, 0) is 32.3 Å². The Morgan fingerprint density at radius 2 is 2.05 bits per heavy atom. The van der Waals surface area contributed by atoms with Crippen molar-refractivity contribution in [3.8, 4) is 0 Å². The third kappa shape index (κ3) is 4.84. The molecule has 2 amide bonds. The van der Waals surface area contributed by atoms with E-state index in [0.717, 1.165) is 19.4 Å². The van der Waals surface area contributed by atoms with E-state index in [9.17, 15) is 9.59 Å². The maximum Gasteiger partial charge on any atom is 0.237 e. The molecule has 1 heterocycles. The van der Waals surface area contributed by atoms with E-state index >= 15 is 0 Å². The molecule has 0 aliphatic carbocycles. The predicted octanol–water partition coefficient (Wildman–Crippen LogP) is 0.944. The number of piperazine rings is 1. The standard InChI is InChI=1S/C17H25N3O2/c1-13(8-9-15-6-4-3-5-7-15)19-17(22)14(2)20-11-10-18-16(21)12-20/h3-7,13-14H,8-12H2,1-2H3,(H,18,21)(H,19,22)/t13-,14-/m0/s1. The summed E-state index contributed by atoms with van der Waals surface area (Å²) in [6.45, 7) is 5.51. The summed E-state index contributed by atoms with van der Waals surface area (Å²) in [6, 6.07) is 10.1. The van der Waals surface area contributed by atoms with Gasteiger partial charge < -0.3 is 10.6 Å². The van der Waals surface area contributed by atoms with Gasteiger partial charge >= 0.3 is 0 Å². The van der Waals surface area contributed by atoms with Gasteiger partial charge in [-0.3, -0.25) is 14.5 Å². The van der Waals surface area contributed by atoms with Gasteiger partial charge in [0.2, 0.25) is 11.8 Å². The molecule has 5 nitrogen and oxygen atoms in total. The lowest BCUT2D eigenvalue weighted by molar-refractivity contribution is -0.130. The van der Waals surface area contributed by atoms with Gasteiger partial charge in [0.05, 0.1) is 12.6 Å². The van der Waals surface area contributed by atoms with Gasteiger partial charge in [-0.2, -0.15) is 0 Å². The van der Waals surface area contributed by atoms with Gasteiger partial charge in [0, 0.05) is 19.1 Å². The third-order valence-electron chi connectivity index (χ3n) is 4.09. The van der Waals surface area contributed by atoms with Crippen molar-refractivity contribution in [3.63, 3.8) is 0 Å². The van der Waals surface area contributed by atoms with E-state index in [1.165, 1.54) is 5.56 Å². The first-order chi connectivity index (χ1) is 10.6. The predicted molar refractivity (Wildman–Crippen MR) is 86.4 cm³/mol. The van der Waals surface area contributed by atoms with Crippen molar-refractivity contribution in [2.24, 2.45) is 0 Å². The molecule has 1 fully saturated rings. The first-order valence-electron chi connectivity index (χ1n) is 7.91. The Bertz CT molecular complexity index is 504. The molecule has 0 aromatic heterocycles. The molecule has 5 heteroatoms. The highest BCUT2D eigenvalue weighted by Crippen LogP contribution is 2.06. The lowest BCUT2D eigenvalue weighted by Gasteiger charge is -2.31. The Kier molecular flexibility index (Phi) is 5.95. The fraction of sp³-hybridized carbons (Fsp3) is 0.529. The van der Waals surface area contributed by atoms with E-state index in [1.807, 2.05) is 36.9 Å². The number of nitrogens with one attached hydrogen (secondary N) is 2. The molecule has 0 radical (unpaired) electrons. The van der Waals surface area contributed by atoms with Crippen LogP contribution in [0.2, 0.25) is 0 Å². The fourth-order valence-corrected chi connectivity index (χ4v) is 2.62. The Morgan fingerprint density at radius 1 is 1.32 bits per heavy atom. The van der Waals surface area contributed by atoms with Gasteiger partial charge in [0.25, 0.3) is 0 Å². The van der Waals surface area contributed by atoms with E-state index in [0.29, 0.717) is 13.1 Å². The smallest absolute Gasteiger partial charge is 0.237 e. The Hall–Kier alpha value is -1.88. The number of carbonyl (C=O) groups excluding carboxylic acids is 2. The number of benzene rings is 1. The SMILES string of the molecule is C[C@@H](CCc1ccccc1)NC(=O)[C@H](C)N1CCNC(=O)C1. The largest absolute Gasteiger partial charge is 0.354 e. The maximum atomic E-state index is 12.3. The molecule has 1 aromatic rings. The van der Waals surface area contributed by atoms with Crippen molar-refractivity contribution in [3.05, 3.63) is 35.9 Å². The third-order valence-corrected chi connectivity index (χ3v) is 4.09. The molecular formula is C17H25N3O2. The van der Waals surface area contributed by atoms with Crippen LogP contribution in [0.25, 0.3) is 0 Å². The molecule has 22 heavy (non-hydrogen) atoms. The highest BCUT2D eigenvalue weighted by molar-refractivity contribution is 5.84. The van der Waals surface area contributed by atoms with Gasteiger partial charge in [0.15, 0.2) is 0 Å².